The molecule has 0 saturated carbocycles. The van der Waals surface area contributed by atoms with Crippen molar-refractivity contribution in [3.8, 4) is 5.75 Å². The van der Waals surface area contributed by atoms with Crippen LogP contribution in [0.4, 0.5) is 0 Å². The molecule has 1 aromatic carbocycles. The largest absolute Gasteiger partial charge is 0.495 e. The third-order valence-electron chi connectivity index (χ3n) is 4.47. The van der Waals surface area contributed by atoms with E-state index in [9.17, 15) is 16.8 Å². The van der Waals surface area contributed by atoms with Gasteiger partial charge in [-0.1, -0.05) is 13.0 Å². The van der Waals surface area contributed by atoms with Crippen LogP contribution in [0, 0.1) is 6.92 Å². The molecular formula is C16H25NO5S2. The predicted molar refractivity (Wildman–Crippen MR) is 93.6 cm³/mol. The highest BCUT2D eigenvalue weighted by atomic mass is 32.2. The minimum absolute atomic E-state index is 0.0328. The molecule has 1 aliphatic heterocycles. The van der Waals surface area contributed by atoms with E-state index in [-0.39, 0.29) is 28.2 Å². The first-order valence-electron chi connectivity index (χ1n) is 8.01. The fourth-order valence-electron chi connectivity index (χ4n) is 3.05. The summed E-state index contributed by atoms with van der Waals surface area (Å²) in [6, 6.07) is 4.17. The summed E-state index contributed by atoms with van der Waals surface area (Å²) in [5.41, 5.74) is 0.803. The Hall–Kier alpha value is -1.12. The molecule has 1 saturated heterocycles. The Kier molecular flexibility index (Phi) is 5.61. The molecule has 0 aliphatic carbocycles. The number of methoxy groups -OCH3 is 1. The molecule has 136 valence electrons. The molecule has 1 fully saturated rings. The number of nitrogens with zero attached hydrogens (tertiary/aromatic N) is 1. The number of hydrogen-bond donors (Lipinski definition) is 0. The highest BCUT2D eigenvalue weighted by Gasteiger charge is 2.41. The highest BCUT2D eigenvalue weighted by Crippen LogP contribution is 2.33. The van der Waals surface area contributed by atoms with Crippen LogP contribution in [0.25, 0.3) is 0 Å². The molecule has 0 unspecified atom stereocenters. The summed E-state index contributed by atoms with van der Waals surface area (Å²) in [4.78, 5) is 0.0922. The average molecular weight is 376 g/mol. The zero-order valence-corrected chi connectivity index (χ0v) is 16.2. The van der Waals surface area contributed by atoms with Crippen LogP contribution in [-0.2, 0) is 19.9 Å². The van der Waals surface area contributed by atoms with Crippen LogP contribution in [0.2, 0.25) is 0 Å². The topological polar surface area (TPSA) is 80.8 Å². The molecule has 8 heteroatoms. The van der Waals surface area contributed by atoms with Crippen molar-refractivity contribution in [2.24, 2.45) is 0 Å². The second kappa shape index (κ2) is 7.01. The summed E-state index contributed by atoms with van der Waals surface area (Å²) in [6.07, 6.45) is 0.934. The lowest BCUT2D eigenvalue weighted by Gasteiger charge is -2.32. The molecule has 0 bridgehead atoms. The van der Waals surface area contributed by atoms with Crippen molar-refractivity contribution >= 4 is 19.9 Å². The van der Waals surface area contributed by atoms with Crippen molar-refractivity contribution in [2.45, 2.75) is 50.6 Å². The molecule has 6 nitrogen and oxygen atoms in total. The quantitative estimate of drug-likeness (QED) is 0.759. The van der Waals surface area contributed by atoms with E-state index in [1.807, 2.05) is 20.8 Å². The van der Waals surface area contributed by atoms with Gasteiger partial charge in [-0.05, 0) is 44.4 Å². The van der Waals surface area contributed by atoms with Gasteiger partial charge in [-0.15, -0.1) is 0 Å². The first-order chi connectivity index (χ1) is 11.1. The van der Waals surface area contributed by atoms with Crippen LogP contribution in [-0.4, -0.2) is 51.8 Å². The van der Waals surface area contributed by atoms with Gasteiger partial charge in [-0.2, -0.15) is 4.31 Å². The van der Waals surface area contributed by atoms with E-state index >= 15 is 0 Å². The molecule has 2 rings (SSSR count). The summed E-state index contributed by atoms with van der Waals surface area (Å²) >= 11 is 0. The van der Waals surface area contributed by atoms with E-state index in [1.54, 1.807) is 18.2 Å². The first-order valence-corrected chi connectivity index (χ1v) is 11.3. The molecule has 24 heavy (non-hydrogen) atoms. The van der Waals surface area contributed by atoms with Gasteiger partial charge in [0.15, 0.2) is 9.84 Å². The Morgan fingerprint density at radius 3 is 2.54 bits per heavy atom. The van der Waals surface area contributed by atoms with E-state index in [4.69, 9.17) is 4.74 Å². The summed E-state index contributed by atoms with van der Waals surface area (Å²) < 4.78 is 56.9. The predicted octanol–water partition coefficient (Wildman–Crippen LogP) is 1.98. The Morgan fingerprint density at radius 2 is 2.04 bits per heavy atom. The summed E-state index contributed by atoms with van der Waals surface area (Å²) in [6.45, 7) is 5.51. The summed E-state index contributed by atoms with van der Waals surface area (Å²) in [5.74, 6) is 0.185. The number of hydrogen-bond acceptors (Lipinski definition) is 5. The third kappa shape index (κ3) is 3.75. The van der Waals surface area contributed by atoms with Crippen LogP contribution >= 0.6 is 0 Å². The Bertz CT molecular complexity index is 802. The molecule has 1 aliphatic rings. The molecule has 0 radical (unpaired) electrons. The number of rotatable bonds is 6. The number of benzene rings is 1. The van der Waals surface area contributed by atoms with Gasteiger partial charge in [0.05, 0.1) is 18.6 Å². The van der Waals surface area contributed by atoms with Gasteiger partial charge < -0.3 is 4.74 Å². The minimum Gasteiger partial charge on any atom is -0.495 e. The standard InChI is InChI=1S/C16H25NO5S2/c1-5-13(3)17(14-8-9-23(18,19)11-14)24(20,21)16-10-12(2)6-7-15(16)22-4/h6-7,10,13-14H,5,8-9,11H2,1-4H3/t13-,14+/m1/s1. The van der Waals surface area contributed by atoms with Gasteiger partial charge >= 0.3 is 0 Å². The number of sulfone groups is 1. The Morgan fingerprint density at radius 1 is 1.38 bits per heavy atom. The third-order valence-corrected chi connectivity index (χ3v) is 8.31. The average Bonchev–Trinajstić information content (AvgIpc) is 2.86. The van der Waals surface area contributed by atoms with Gasteiger partial charge in [0.2, 0.25) is 10.0 Å². The fraction of sp³-hybridized carbons (Fsp3) is 0.625. The van der Waals surface area contributed by atoms with Crippen LogP contribution in [0.3, 0.4) is 0 Å². The molecule has 0 N–H and O–H groups in total. The number of sulfonamides is 1. The lowest BCUT2D eigenvalue weighted by molar-refractivity contribution is 0.270. The van der Waals surface area contributed by atoms with Crippen LogP contribution in [0.5, 0.6) is 5.75 Å². The maximum absolute atomic E-state index is 13.3. The molecule has 0 amide bonds. The molecule has 0 spiro atoms. The molecule has 0 aromatic heterocycles. The van der Waals surface area contributed by atoms with Crippen LogP contribution in [0.15, 0.2) is 23.1 Å². The van der Waals surface area contributed by atoms with Crippen molar-refractivity contribution in [1.29, 1.82) is 0 Å². The first kappa shape index (κ1) is 19.2. The van der Waals surface area contributed by atoms with Crippen molar-refractivity contribution in [3.63, 3.8) is 0 Å². The lowest BCUT2D eigenvalue weighted by atomic mass is 10.2. The number of aryl methyl sites for hydroxylation is 1. The van der Waals surface area contributed by atoms with Gasteiger partial charge in [-0.3, -0.25) is 0 Å². The van der Waals surface area contributed by atoms with Crippen molar-refractivity contribution in [2.75, 3.05) is 18.6 Å². The Labute approximate surface area is 144 Å². The van der Waals surface area contributed by atoms with Gasteiger partial charge in [-0.25, -0.2) is 16.8 Å². The highest BCUT2D eigenvalue weighted by molar-refractivity contribution is 7.92. The van der Waals surface area contributed by atoms with Crippen molar-refractivity contribution < 1.29 is 21.6 Å². The smallest absolute Gasteiger partial charge is 0.247 e. The van der Waals surface area contributed by atoms with E-state index in [0.29, 0.717) is 12.8 Å². The van der Waals surface area contributed by atoms with Gasteiger partial charge in [0.25, 0.3) is 0 Å². The summed E-state index contributed by atoms with van der Waals surface area (Å²) in [7, 11) is -5.63. The molecule has 1 aromatic rings. The SMILES string of the molecule is CC[C@@H](C)N([C@H]1CCS(=O)(=O)C1)S(=O)(=O)c1cc(C)ccc1OC. The maximum Gasteiger partial charge on any atom is 0.247 e. The number of ether oxygens (including phenoxy) is 1. The van der Waals surface area contributed by atoms with Gasteiger partial charge in [0, 0.05) is 12.1 Å². The van der Waals surface area contributed by atoms with Crippen molar-refractivity contribution in [1.82, 2.24) is 4.31 Å². The maximum atomic E-state index is 13.3. The van der Waals surface area contributed by atoms with E-state index < -0.39 is 25.9 Å². The normalized spacial score (nSPS) is 21.8. The lowest BCUT2D eigenvalue weighted by Crippen LogP contribution is -2.46. The zero-order chi connectivity index (χ0) is 18.1. The van der Waals surface area contributed by atoms with Crippen LogP contribution in [0.1, 0.15) is 32.3 Å². The van der Waals surface area contributed by atoms with Gasteiger partial charge in [0.1, 0.15) is 10.6 Å². The molecule has 1 heterocycles. The Balaban J connectivity index is 2.55. The fourth-order valence-corrected chi connectivity index (χ4v) is 7.02. The van der Waals surface area contributed by atoms with E-state index in [1.165, 1.54) is 11.4 Å². The minimum atomic E-state index is -3.87. The zero-order valence-electron chi connectivity index (χ0n) is 14.5. The molecule has 2 atom stereocenters. The molecular weight excluding hydrogens is 350 g/mol. The second-order valence-electron chi connectivity index (χ2n) is 6.30. The second-order valence-corrected chi connectivity index (χ2v) is 10.3. The van der Waals surface area contributed by atoms with Crippen molar-refractivity contribution in [3.05, 3.63) is 23.8 Å². The van der Waals surface area contributed by atoms with E-state index in [2.05, 4.69) is 0 Å². The monoisotopic (exact) mass is 375 g/mol. The van der Waals surface area contributed by atoms with E-state index in [0.717, 1.165) is 5.56 Å². The summed E-state index contributed by atoms with van der Waals surface area (Å²) in [5, 5.41) is 0. The van der Waals surface area contributed by atoms with Crippen LogP contribution < -0.4 is 4.74 Å².